The molecule has 0 radical (unpaired) electrons. The molecule has 1 aromatic heterocycles. The lowest BCUT2D eigenvalue weighted by atomic mass is 10.1. The first-order valence-electron chi connectivity index (χ1n) is 5.03. The Morgan fingerprint density at radius 2 is 2.31 bits per heavy atom. The second-order valence-electron chi connectivity index (χ2n) is 3.91. The molecule has 4 N–H and O–H groups in total. The predicted octanol–water partition coefficient (Wildman–Crippen LogP) is -0.00530. The molecule has 0 fully saturated rings. The van der Waals surface area contributed by atoms with Gasteiger partial charge in [0.05, 0.1) is 6.54 Å². The fourth-order valence-corrected chi connectivity index (χ4v) is 1.66. The minimum absolute atomic E-state index is 0.0612. The smallest absolute Gasteiger partial charge is 0.248 e. The molecular weight excluding hydrogens is 228 g/mol. The van der Waals surface area contributed by atoms with E-state index in [-0.39, 0.29) is 6.54 Å². The standard InChI is InChI=1S/C9H16N4O2S/c1-5(2)3-7-12-9(16-13-7)11-4-6(14)8(10)15/h5-6,14H,3-4H2,1-2H3,(H2,10,15)(H,11,12,13). The summed E-state index contributed by atoms with van der Waals surface area (Å²) in [5.74, 6) is 0.522. The molecule has 1 heterocycles. The zero-order valence-electron chi connectivity index (χ0n) is 9.30. The number of aromatic nitrogens is 2. The number of aliphatic hydroxyl groups is 1. The maximum absolute atomic E-state index is 10.6. The number of hydrogen-bond donors (Lipinski definition) is 3. The van der Waals surface area contributed by atoms with Crippen molar-refractivity contribution < 1.29 is 9.90 Å². The van der Waals surface area contributed by atoms with Crippen LogP contribution in [0.25, 0.3) is 0 Å². The van der Waals surface area contributed by atoms with Gasteiger partial charge in [-0.05, 0) is 5.92 Å². The molecule has 0 saturated carbocycles. The van der Waals surface area contributed by atoms with E-state index < -0.39 is 12.0 Å². The Morgan fingerprint density at radius 1 is 1.62 bits per heavy atom. The van der Waals surface area contributed by atoms with Crippen molar-refractivity contribution in [3.63, 3.8) is 0 Å². The maximum Gasteiger partial charge on any atom is 0.248 e. The molecule has 1 amide bonds. The highest BCUT2D eigenvalue weighted by atomic mass is 32.1. The van der Waals surface area contributed by atoms with Crippen molar-refractivity contribution in [2.75, 3.05) is 11.9 Å². The molecular formula is C9H16N4O2S. The fraction of sp³-hybridized carbons (Fsp3) is 0.667. The number of nitrogens with zero attached hydrogens (tertiary/aromatic N) is 2. The van der Waals surface area contributed by atoms with Crippen LogP contribution in [0.1, 0.15) is 19.7 Å². The summed E-state index contributed by atoms with van der Waals surface area (Å²) in [7, 11) is 0. The van der Waals surface area contributed by atoms with Gasteiger partial charge in [-0.25, -0.2) is 4.98 Å². The highest BCUT2D eigenvalue weighted by Gasteiger charge is 2.12. The first kappa shape index (κ1) is 12.9. The average molecular weight is 244 g/mol. The van der Waals surface area contributed by atoms with E-state index in [0.717, 1.165) is 12.2 Å². The van der Waals surface area contributed by atoms with Gasteiger partial charge in [-0.3, -0.25) is 4.79 Å². The molecule has 0 saturated heterocycles. The molecule has 0 aliphatic carbocycles. The van der Waals surface area contributed by atoms with Crippen LogP contribution >= 0.6 is 11.5 Å². The Hall–Kier alpha value is -1.21. The van der Waals surface area contributed by atoms with Gasteiger partial charge in [0.1, 0.15) is 11.9 Å². The van der Waals surface area contributed by atoms with E-state index in [1.165, 1.54) is 11.5 Å². The number of carbonyl (C=O) groups is 1. The van der Waals surface area contributed by atoms with Crippen molar-refractivity contribution in [2.24, 2.45) is 11.7 Å². The summed E-state index contributed by atoms with van der Waals surface area (Å²) in [6.45, 7) is 4.24. The first-order chi connectivity index (χ1) is 7.49. The van der Waals surface area contributed by atoms with Crippen LogP contribution in [0.4, 0.5) is 5.13 Å². The van der Waals surface area contributed by atoms with Crippen molar-refractivity contribution >= 4 is 22.6 Å². The molecule has 0 aliphatic heterocycles. The van der Waals surface area contributed by atoms with Crippen LogP contribution in [-0.2, 0) is 11.2 Å². The Labute approximate surface area is 98.1 Å². The summed E-state index contributed by atoms with van der Waals surface area (Å²) in [5.41, 5.74) is 4.91. The minimum atomic E-state index is -1.20. The topological polar surface area (TPSA) is 101 Å². The van der Waals surface area contributed by atoms with Crippen LogP contribution < -0.4 is 11.1 Å². The number of nitrogens with two attached hydrogens (primary N) is 1. The largest absolute Gasteiger partial charge is 0.381 e. The minimum Gasteiger partial charge on any atom is -0.381 e. The van der Waals surface area contributed by atoms with Crippen molar-refractivity contribution in [1.29, 1.82) is 0 Å². The van der Waals surface area contributed by atoms with E-state index in [9.17, 15) is 4.79 Å². The van der Waals surface area contributed by atoms with Gasteiger partial charge in [-0.2, -0.15) is 4.37 Å². The normalized spacial score (nSPS) is 12.8. The van der Waals surface area contributed by atoms with Crippen LogP contribution in [-0.4, -0.2) is 33.0 Å². The first-order valence-corrected chi connectivity index (χ1v) is 5.80. The number of amides is 1. The van der Waals surface area contributed by atoms with Crippen molar-refractivity contribution in [3.05, 3.63) is 5.82 Å². The highest BCUT2D eigenvalue weighted by Crippen LogP contribution is 2.13. The van der Waals surface area contributed by atoms with Crippen LogP contribution in [0.5, 0.6) is 0 Å². The SMILES string of the molecule is CC(C)Cc1nsc(NCC(O)C(N)=O)n1. The van der Waals surface area contributed by atoms with Gasteiger partial charge >= 0.3 is 0 Å². The van der Waals surface area contributed by atoms with Gasteiger partial charge in [0, 0.05) is 18.0 Å². The molecule has 1 unspecified atom stereocenters. The van der Waals surface area contributed by atoms with Crippen LogP contribution in [0.15, 0.2) is 0 Å². The molecule has 0 aliphatic rings. The van der Waals surface area contributed by atoms with Crippen molar-refractivity contribution in [1.82, 2.24) is 9.36 Å². The zero-order valence-corrected chi connectivity index (χ0v) is 10.1. The number of carbonyl (C=O) groups excluding carboxylic acids is 1. The number of primary amides is 1. The molecule has 0 spiro atoms. The number of nitrogens with one attached hydrogen (secondary N) is 1. The summed E-state index contributed by atoms with van der Waals surface area (Å²) >= 11 is 1.21. The second kappa shape index (κ2) is 5.76. The average Bonchev–Trinajstić information content (AvgIpc) is 2.60. The van der Waals surface area contributed by atoms with E-state index in [1.807, 2.05) is 0 Å². The molecule has 1 atom stereocenters. The van der Waals surface area contributed by atoms with Gasteiger partial charge in [0.15, 0.2) is 0 Å². The number of anilines is 1. The third-order valence-corrected chi connectivity index (χ3v) is 2.54. The molecule has 90 valence electrons. The van der Waals surface area contributed by atoms with Crippen molar-refractivity contribution in [3.8, 4) is 0 Å². The van der Waals surface area contributed by atoms with E-state index in [2.05, 4.69) is 28.5 Å². The highest BCUT2D eigenvalue weighted by molar-refractivity contribution is 7.09. The molecule has 6 nitrogen and oxygen atoms in total. The van der Waals surface area contributed by atoms with E-state index in [0.29, 0.717) is 11.0 Å². The van der Waals surface area contributed by atoms with Gasteiger partial charge < -0.3 is 16.2 Å². The zero-order chi connectivity index (χ0) is 12.1. The van der Waals surface area contributed by atoms with Crippen molar-refractivity contribution in [2.45, 2.75) is 26.4 Å². The van der Waals surface area contributed by atoms with E-state index in [4.69, 9.17) is 10.8 Å². The molecule has 7 heteroatoms. The molecule has 1 aromatic rings. The van der Waals surface area contributed by atoms with Crippen LogP contribution in [0.3, 0.4) is 0 Å². The molecule has 1 rings (SSSR count). The number of rotatable bonds is 6. The van der Waals surface area contributed by atoms with Crippen LogP contribution in [0, 0.1) is 5.92 Å². The fourth-order valence-electron chi connectivity index (χ4n) is 1.06. The lowest BCUT2D eigenvalue weighted by Crippen LogP contribution is -2.34. The monoisotopic (exact) mass is 244 g/mol. The van der Waals surface area contributed by atoms with Gasteiger partial charge in [-0.15, -0.1) is 0 Å². The summed E-state index contributed by atoms with van der Waals surface area (Å²) in [6, 6.07) is 0. The Bertz CT molecular complexity index is 353. The molecule has 16 heavy (non-hydrogen) atoms. The van der Waals surface area contributed by atoms with E-state index in [1.54, 1.807) is 0 Å². The van der Waals surface area contributed by atoms with Gasteiger partial charge in [-0.1, -0.05) is 13.8 Å². The van der Waals surface area contributed by atoms with Gasteiger partial charge in [0.2, 0.25) is 11.0 Å². The summed E-state index contributed by atoms with van der Waals surface area (Å²) in [5, 5.41) is 12.6. The third-order valence-electron chi connectivity index (χ3n) is 1.83. The van der Waals surface area contributed by atoms with Crippen LogP contribution in [0.2, 0.25) is 0 Å². The summed E-state index contributed by atoms with van der Waals surface area (Å²) < 4.78 is 4.15. The quantitative estimate of drug-likeness (QED) is 0.653. The maximum atomic E-state index is 10.6. The summed E-state index contributed by atoms with van der Waals surface area (Å²) in [4.78, 5) is 14.8. The lowest BCUT2D eigenvalue weighted by Gasteiger charge is -2.05. The number of hydrogen-bond acceptors (Lipinski definition) is 6. The Balaban J connectivity index is 2.43. The Kier molecular flexibility index (Phi) is 4.63. The summed E-state index contributed by atoms with van der Waals surface area (Å²) in [6.07, 6.45) is -0.381. The molecule has 0 aromatic carbocycles. The molecule has 0 bridgehead atoms. The third kappa shape index (κ3) is 4.11. The Morgan fingerprint density at radius 3 is 2.88 bits per heavy atom. The second-order valence-corrected chi connectivity index (χ2v) is 4.66. The lowest BCUT2D eigenvalue weighted by molar-refractivity contribution is -0.125. The van der Waals surface area contributed by atoms with Gasteiger partial charge in [0.25, 0.3) is 0 Å². The predicted molar refractivity (Wildman–Crippen MR) is 62.1 cm³/mol. The van der Waals surface area contributed by atoms with E-state index >= 15 is 0 Å². The number of aliphatic hydroxyl groups excluding tert-OH is 1.